The van der Waals surface area contributed by atoms with E-state index in [1.165, 1.54) is 23.8 Å². The second kappa shape index (κ2) is 11.5. The normalized spacial score (nSPS) is 19.1. The second-order valence-electron chi connectivity index (χ2n) is 10.2. The first-order valence-electron chi connectivity index (χ1n) is 12.6. The summed E-state index contributed by atoms with van der Waals surface area (Å²) in [6.07, 6.45) is -8.08. The van der Waals surface area contributed by atoms with E-state index < -0.39 is 45.9 Å². The largest absolute Gasteiger partial charge is 0.423 e. The van der Waals surface area contributed by atoms with Crippen LogP contribution in [0.25, 0.3) is 0 Å². The predicted octanol–water partition coefficient (Wildman–Crippen LogP) is 1.60. The Bertz CT molecular complexity index is 1400. The zero-order valence-corrected chi connectivity index (χ0v) is 23.4. The molecule has 2 aliphatic heterocycles. The highest BCUT2D eigenvalue weighted by Crippen LogP contribution is 2.35. The molecule has 227 valence electrons. The molecule has 2 amide bonds. The maximum atomic E-state index is 13.3. The van der Waals surface area contributed by atoms with Crippen molar-refractivity contribution in [3.63, 3.8) is 0 Å². The van der Waals surface area contributed by atoms with Crippen molar-refractivity contribution in [2.45, 2.75) is 43.4 Å². The van der Waals surface area contributed by atoms with Gasteiger partial charge >= 0.3 is 12.4 Å². The van der Waals surface area contributed by atoms with Crippen molar-refractivity contribution in [2.24, 2.45) is 0 Å². The maximum absolute atomic E-state index is 13.3. The number of carbonyl (C=O) groups is 2. The molecular formula is C24H26F6N7O4Si. The molecule has 0 unspecified atom stereocenters. The summed E-state index contributed by atoms with van der Waals surface area (Å²) >= 11 is 0. The van der Waals surface area contributed by atoms with Gasteiger partial charge in [-0.25, -0.2) is 10.1 Å². The van der Waals surface area contributed by atoms with Crippen LogP contribution >= 0.6 is 0 Å². The van der Waals surface area contributed by atoms with Gasteiger partial charge < -0.3 is 24.8 Å². The Morgan fingerprint density at radius 3 is 2.55 bits per heavy atom. The van der Waals surface area contributed by atoms with Crippen LogP contribution in [0.2, 0.25) is 0 Å². The summed E-state index contributed by atoms with van der Waals surface area (Å²) in [4.78, 5) is 46.1. The molecule has 0 bridgehead atoms. The number of rotatable bonds is 7. The van der Waals surface area contributed by atoms with Gasteiger partial charge in [-0.3, -0.25) is 14.4 Å². The second-order valence-corrected chi connectivity index (χ2v) is 11.3. The average Bonchev–Trinajstić information content (AvgIpc) is 2.98. The van der Waals surface area contributed by atoms with Crippen LogP contribution in [-0.2, 0) is 33.2 Å². The van der Waals surface area contributed by atoms with Gasteiger partial charge in [-0.15, -0.1) is 0 Å². The lowest BCUT2D eigenvalue weighted by molar-refractivity contribution is -0.139. The molecule has 11 nitrogen and oxygen atoms in total. The molecule has 2 atom stereocenters. The molecule has 42 heavy (non-hydrogen) atoms. The number of anilines is 2. The number of fused-ring (bicyclic) bond motifs is 3. The van der Waals surface area contributed by atoms with Gasteiger partial charge in [-0.2, -0.15) is 31.4 Å². The highest BCUT2D eigenvalue weighted by atomic mass is 28.1. The zero-order chi connectivity index (χ0) is 31.0. The van der Waals surface area contributed by atoms with E-state index in [0.29, 0.717) is 0 Å². The molecule has 2 aromatic rings. The summed E-state index contributed by atoms with van der Waals surface area (Å²) in [7, 11) is 4.75. The van der Waals surface area contributed by atoms with Gasteiger partial charge in [0.05, 0.1) is 53.9 Å². The van der Waals surface area contributed by atoms with Crippen LogP contribution in [0, 0.1) is 0 Å². The number of aromatic nitrogens is 3. The van der Waals surface area contributed by atoms with Crippen molar-refractivity contribution >= 4 is 33.6 Å². The number of H-pyrrole nitrogens is 1. The van der Waals surface area contributed by atoms with E-state index in [-0.39, 0.29) is 69.0 Å². The van der Waals surface area contributed by atoms with E-state index in [1.807, 2.05) is 0 Å². The minimum Gasteiger partial charge on any atom is -0.379 e. The molecule has 4 heterocycles. The summed E-state index contributed by atoms with van der Waals surface area (Å²) in [5, 5.41) is 6.39. The molecule has 18 heteroatoms. The third-order valence-electron chi connectivity index (χ3n) is 6.75. The first kappa shape index (κ1) is 31.3. The number of carbonyl (C=O) groups excluding carboxylic acids is 2. The number of piperazine rings is 1. The van der Waals surface area contributed by atoms with Gasteiger partial charge in [0.25, 0.3) is 5.56 Å². The molecule has 0 aromatic carbocycles. The van der Waals surface area contributed by atoms with Crippen molar-refractivity contribution in [1.82, 2.24) is 25.0 Å². The van der Waals surface area contributed by atoms with Crippen LogP contribution < -0.4 is 15.8 Å². The number of aromatic amines is 1. The van der Waals surface area contributed by atoms with Crippen molar-refractivity contribution in [1.29, 1.82) is 0 Å². The monoisotopic (exact) mass is 618 g/mol. The number of nitrogens with one attached hydrogen (secondary N) is 2. The molecule has 2 aromatic heterocycles. The number of pyridine rings is 1. The van der Waals surface area contributed by atoms with E-state index in [2.05, 4.69) is 25.6 Å². The standard InChI is InChI=1S/C24H26F6N7O4Si/c1-22(42,33-15-9-32-34-20(39)18(15)24(28,29)30)12-41-6-3-17(38)36-4-5-37-16(11-36)21(40)35(2)10-13-7-14(23(25,26)27)8-31-19(13)37/h7-9,16H,3-6,10-12H2,1-2H3,(H2,33,34,39)/t16-,22+/m1/s1. The fourth-order valence-corrected chi connectivity index (χ4v) is 5.03. The van der Waals surface area contributed by atoms with Gasteiger partial charge in [0.1, 0.15) is 17.4 Å². The lowest BCUT2D eigenvalue weighted by Crippen LogP contribution is -2.59. The first-order chi connectivity index (χ1) is 19.5. The van der Waals surface area contributed by atoms with Crippen LogP contribution in [0.15, 0.2) is 23.3 Å². The molecule has 2 aliphatic rings. The minimum absolute atomic E-state index is 0.0166. The topological polar surface area (TPSA) is 124 Å². The third-order valence-corrected chi connectivity index (χ3v) is 7.01. The number of halogens is 6. The predicted molar refractivity (Wildman–Crippen MR) is 137 cm³/mol. The molecule has 0 spiro atoms. The number of hydrogen-bond acceptors (Lipinski definition) is 8. The fourth-order valence-electron chi connectivity index (χ4n) is 4.80. The smallest absolute Gasteiger partial charge is 0.379 e. The molecule has 0 aliphatic carbocycles. The maximum Gasteiger partial charge on any atom is 0.423 e. The van der Waals surface area contributed by atoms with E-state index in [0.717, 1.165) is 18.5 Å². The number of ether oxygens (including phenoxy) is 1. The van der Waals surface area contributed by atoms with E-state index >= 15 is 0 Å². The first-order valence-corrected chi connectivity index (χ1v) is 13.1. The number of likely N-dealkylation sites (N-methyl/N-ethyl adjacent to an activating group) is 1. The highest BCUT2D eigenvalue weighted by Gasteiger charge is 2.41. The van der Waals surface area contributed by atoms with Gasteiger partial charge in [0, 0.05) is 43.6 Å². The summed E-state index contributed by atoms with van der Waals surface area (Å²) in [5.41, 5.74) is -4.09. The average molecular weight is 619 g/mol. The van der Waals surface area contributed by atoms with E-state index in [4.69, 9.17) is 4.74 Å². The van der Waals surface area contributed by atoms with Crippen molar-refractivity contribution in [3.05, 3.63) is 45.5 Å². The zero-order valence-electron chi connectivity index (χ0n) is 22.4. The van der Waals surface area contributed by atoms with E-state index in [9.17, 15) is 40.7 Å². The quantitative estimate of drug-likeness (QED) is 0.273. The van der Waals surface area contributed by atoms with Crippen molar-refractivity contribution < 1.29 is 40.7 Å². The lowest BCUT2D eigenvalue weighted by atomic mass is 10.1. The Balaban J connectivity index is 1.35. The van der Waals surface area contributed by atoms with E-state index in [1.54, 1.807) is 10.00 Å². The molecule has 4 rings (SSSR count). The minimum atomic E-state index is -4.93. The SMILES string of the molecule is CN1Cc2cc(C(F)(F)F)cnc2N2CCN(C(=O)CCOC[C@](C)([Si])Nc3cn[nH]c(=O)c3C(F)(F)F)C[C@@H]2C1=O. The van der Waals surface area contributed by atoms with Gasteiger partial charge in [-0.05, 0) is 13.0 Å². The van der Waals surface area contributed by atoms with Crippen molar-refractivity contribution in [3.8, 4) is 0 Å². The van der Waals surface area contributed by atoms with Crippen LogP contribution in [-0.4, -0.2) is 98.1 Å². The Morgan fingerprint density at radius 2 is 1.88 bits per heavy atom. The van der Waals surface area contributed by atoms with Crippen LogP contribution in [0.4, 0.5) is 37.8 Å². The fraction of sp³-hybridized carbons (Fsp3) is 0.542. The van der Waals surface area contributed by atoms with Gasteiger partial charge in [0.2, 0.25) is 11.8 Å². The van der Waals surface area contributed by atoms with Crippen LogP contribution in [0.1, 0.15) is 30.0 Å². The summed E-state index contributed by atoms with van der Waals surface area (Å²) < 4.78 is 85.1. The van der Waals surface area contributed by atoms with Gasteiger partial charge in [-0.1, -0.05) is 0 Å². The number of nitrogens with zero attached hydrogens (tertiary/aromatic N) is 5. The molecular weight excluding hydrogens is 592 g/mol. The third kappa shape index (κ3) is 6.85. The molecule has 3 radical (unpaired) electrons. The number of hydrogen-bond donors (Lipinski definition) is 2. The summed E-state index contributed by atoms with van der Waals surface area (Å²) in [5.74, 6) is -0.463. The Morgan fingerprint density at radius 1 is 1.17 bits per heavy atom. The van der Waals surface area contributed by atoms with Crippen molar-refractivity contribution in [2.75, 3.05) is 50.1 Å². The lowest BCUT2D eigenvalue weighted by Gasteiger charge is -2.41. The molecule has 2 N–H and O–H groups in total. The molecule has 1 fully saturated rings. The Hall–Kier alpha value is -3.67. The summed E-state index contributed by atoms with van der Waals surface area (Å²) in [6, 6.07) is 0.130. The molecule has 1 saturated heterocycles. The van der Waals surface area contributed by atoms with Crippen LogP contribution in [0.5, 0.6) is 0 Å². The Labute approximate surface area is 238 Å². The summed E-state index contributed by atoms with van der Waals surface area (Å²) in [6.45, 7) is 1.41. The van der Waals surface area contributed by atoms with Gasteiger partial charge in [0.15, 0.2) is 0 Å². The highest BCUT2D eigenvalue weighted by molar-refractivity contribution is 6.16. The number of alkyl halides is 6. The number of amides is 2. The Kier molecular flexibility index (Phi) is 8.59. The van der Waals surface area contributed by atoms with Crippen LogP contribution in [0.3, 0.4) is 0 Å². The molecule has 0 saturated carbocycles.